The lowest BCUT2D eigenvalue weighted by atomic mass is 9.98. The fourth-order valence-corrected chi connectivity index (χ4v) is 2.97. The molecule has 0 aliphatic carbocycles. The van der Waals surface area contributed by atoms with Gasteiger partial charge in [-0.05, 0) is 50.2 Å². The second-order valence-corrected chi connectivity index (χ2v) is 6.13. The SMILES string of the molecule is CC(C)C(C(=O)Nc1ccc2c(c1F)CCNC2)N(C)C. The first kappa shape index (κ1) is 15.9. The number of hydrogen-bond acceptors (Lipinski definition) is 3. The van der Waals surface area contributed by atoms with Gasteiger partial charge in [-0.1, -0.05) is 19.9 Å². The lowest BCUT2D eigenvalue weighted by molar-refractivity contribution is -0.121. The molecule has 1 aromatic carbocycles. The van der Waals surface area contributed by atoms with Crippen LogP contribution in [0.15, 0.2) is 12.1 Å². The molecule has 0 fully saturated rings. The van der Waals surface area contributed by atoms with Crippen LogP contribution in [0.25, 0.3) is 0 Å². The lowest BCUT2D eigenvalue weighted by Gasteiger charge is -2.27. The van der Waals surface area contributed by atoms with Crippen LogP contribution in [0.2, 0.25) is 0 Å². The molecule has 0 saturated carbocycles. The predicted octanol–water partition coefficient (Wildman–Crippen LogP) is 2.00. The molecule has 0 spiro atoms. The highest BCUT2D eigenvalue weighted by Gasteiger charge is 2.26. The Hall–Kier alpha value is -1.46. The van der Waals surface area contributed by atoms with E-state index in [0.29, 0.717) is 13.0 Å². The minimum absolute atomic E-state index is 0.157. The molecule has 0 aromatic heterocycles. The van der Waals surface area contributed by atoms with Gasteiger partial charge in [-0.25, -0.2) is 4.39 Å². The topological polar surface area (TPSA) is 44.4 Å². The fourth-order valence-electron chi connectivity index (χ4n) is 2.97. The van der Waals surface area contributed by atoms with Gasteiger partial charge in [0.05, 0.1) is 11.7 Å². The van der Waals surface area contributed by atoms with Gasteiger partial charge in [0.15, 0.2) is 0 Å². The molecule has 116 valence electrons. The first-order valence-corrected chi connectivity index (χ1v) is 7.40. The Bertz CT molecular complexity index is 520. The van der Waals surface area contributed by atoms with Gasteiger partial charge >= 0.3 is 0 Å². The maximum Gasteiger partial charge on any atom is 0.242 e. The first-order valence-electron chi connectivity index (χ1n) is 7.40. The molecule has 1 atom stereocenters. The summed E-state index contributed by atoms with van der Waals surface area (Å²) in [5, 5.41) is 5.96. The van der Waals surface area contributed by atoms with E-state index in [1.54, 1.807) is 6.07 Å². The molecule has 1 aliphatic heterocycles. The Kier molecular flexibility index (Phi) is 4.96. The van der Waals surface area contributed by atoms with Crippen LogP contribution in [0, 0.1) is 11.7 Å². The third kappa shape index (κ3) is 3.41. The van der Waals surface area contributed by atoms with Crippen molar-refractivity contribution in [3.8, 4) is 0 Å². The second kappa shape index (κ2) is 6.54. The number of carbonyl (C=O) groups is 1. The first-order chi connectivity index (χ1) is 9.91. The second-order valence-electron chi connectivity index (χ2n) is 6.13. The standard InChI is InChI=1S/C16H24FN3O/c1-10(2)15(20(3)4)16(21)19-13-6-5-11-9-18-8-7-12(11)14(13)17/h5-6,10,15,18H,7-9H2,1-4H3,(H,19,21). The van der Waals surface area contributed by atoms with E-state index in [4.69, 9.17) is 0 Å². The smallest absolute Gasteiger partial charge is 0.242 e. The van der Waals surface area contributed by atoms with Gasteiger partial charge in [0.1, 0.15) is 5.82 Å². The van der Waals surface area contributed by atoms with Crippen LogP contribution in [0.1, 0.15) is 25.0 Å². The summed E-state index contributed by atoms with van der Waals surface area (Å²) in [5.74, 6) is -0.295. The number of benzene rings is 1. The van der Waals surface area contributed by atoms with Crippen molar-refractivity contribution in [2.75, 3.05) is 26.0 Å². The number of nitrogens with zero attached hydrogens (tertiary/aromatic N) is 1. The molecule has 21 heavy (non-hydrogen) atoms. The quantitative estimate of drug-likeness (QED) is 0.892. The summed E-state index contributed by atoms with van der Waals surface area (Å²) < 4.78 is 14.5. The van der Waals surface area contributed by atoms with Crippen molar-refractivity contribution >= 4 is 11.6 Å². The zero-order valence-electron chi connectivity index (χ0n) is 13.2. The van der Waals surface area contributed by atoms with Crippen molar-refractivity contribution in [2.45, 2.75) is 32.9 Å². The number of carbonyl (C=O) groups excluding carboxylic acids is 1. The van der Waals surface area contributed by atoms with Crippen molar-refractivity contribution in [3.05, 3.63) is 29.1 Å². The third-order valence-electron chi connectivity index (χ3n) is 3.92. The fraction of sp³-hybridized carbons (Fsp3) is 0.562. The summed E-state index contributed by atoms with van der Waals surface area (Å²) >= 11 is 0. The maximum atomic E-state index is 14.5. The normalized spacial score (nSPS) is 16.0. The summed E-state index contributed by atoms with van der Waals surface area (Å²) in [4.78, 5) is 14.2. The number of anilines is 1. The lowest BCUT2D eigenvalue weighted by Crippen LogP contribution is -2.43. The van der Waals surface area contributed by atoms with Gasteiger partial charge in [0, 0.05) is 6.54 Å². The number of rotatable bonds is 4. The Morgan fingerprint density at radius 1 is 1.38 bits per heavy atom. The van der Waals surface area contributed by atoms with E-state index in [9.17, 15) is 9.18 Å². The van der Waals surface area contributed by atoms with Crippen LogP contribution in [0.4, 0.5) is 10.1 Å². The van der Waals surface area contributed by atoms with Crippen LogP contribution in [-0.2, 0) is 17.8 Å². The molecule has 1 aromatic rings. The van der Waals surface area contributed by atoms with Crippen molar-refractivity contribution in [1.29, 1.82) is 0 Å². The van der Waals surface area contributed by atoms with Crippen molar-refractivity contribution in [1.82, 2.24) is 10.2 Å². The molecular weight excluding hydrogens is 269 g/mol. The van der Waals surface area contributed by atoms with Gasteiger partial charge in [-0.3, -0.25) is 9.69 Å². The van der Waals surface area contributed by atoms with Gasteiger partial charge in [0.25, 0.3) is 0 Å². The number of hydrogen-bond donors (Lipinski definition) is 2. The Morgan fingerprint density at radius 3 is 2.71 bits per heavy atom. The van der Waals surface area contributed by atoms with E-state index in [-0.39, 0.29) is 29.4 Å². The molecule has 1 amide bonds. The van der Waals surface area contributed by atoms with E-state index < -0.39 is 0 Å². The van der Waals surface area contributed by atoms with E-state index in [1.165, 1.54) is 0 Å². The molecule has 1 unspecified atom stereocenters. The van der Waals surface area contributed by atoms with Crippen molar-refractivity contribution in [3.63, 3.8) is 0 Å². The maximum absolute atomic E-state index is 14.5. The van der Waals surface area contributed by atoms with Crippen LogP contribution < -0.4 is 10.6 Å². The highest BCUT2D eigenvalue weighted by Crippen LogP contribution is 2.25. The van der Waals surface area contributed by atoms with Crippen LogP contribution in [0.3, 0.4) is 0 Å². The van der Waals surface area contributed by atoms with E-state index in [0.717, 1.165) is 17.7 Å². The molecular formula is C16H24FN3O. The van der Waals surface area contributed by atoms with Gasteiger partial charge in [0.2, 0.25) is 5.91 Å². The van der Waals surface area contributed by atoms with Crippen molar-refractivity contribution < 1.29 is 9.18 Å². The van der Waals surface area contributed by atoms with Gasteiger partial charge in [-0.2, -0.15) is 0 Å². The molecule has 1 heterocycles. The van der Waals surface area contributed by atoms with Crippen molar-refractivity contribution in [2.24, 2.45) is 5.92 Å². The summed E-state index contributed by atoms with van der Waals surface area (Å²) in [7, 11) is 3.72. The molecule has 4 nitrogen and oxygen atoms in total. The Balaban J connectivity index is 2.21. The zero-order valence-corrected chi connectivity index (χ0v) is 13.2. The van der Waals surface area contributed by atoms with Crippen LogP contribution in [-0.4, -0.2) is 37.5 Å². The molecule has 1 aliphatic rings. The molecule has 2 rings (SSSR count). The van der Waals surface area contributed by atoms with Crippen LogP contribution in [0.5, 0.6) is 0 Å². The Labute approximate surface area is 125 Å². The zero-order chi connectivity index (χ0) is 15.6. The number of fused-ring (bicyclic) bond motifs is 1. The largest absolute Gasteiger partial charge is 0.322 e. The van der Waals surface area contributed by atoms with Gasteiger partial charge in [-0.15, -0.1) is 0 Å². The minimum atomic E-state index is -0.288. The molecule has 0 radical (unpaired) electrons. The summed E-state index contributed by atoms with van der Waals surface area (Å²) in [5.41, 5.74) is 1.98. The van der Waals surface area contributed by atoms with E-state index in [1.807, 2.05) is 38.9 Å². The number of nitrogens with one attached hydrogen (secondary N) is 2. The molecule has 0 saturated heterocycles. The summed E-state index contributed by atoms with van der Waals surface area (Å²) in [6.07, 6.45) is 0.659. The minimum Gasteiger partial charge on any atom is -0.322 e. The average Bonchev–Trinajstić information content (AvgIpc) is 2.41. The summed E-state index contributed by atoms with van der Waals surface area (Å²) in [6, 6.07) is 3.27. The summed E-state index contributed by atoms with van der Waals surface area (Å²) in [6.45, 7) is 5.43. The third-order valence-corrected chi connectivity index (χ3v) is 3.92. The Morgan fingerprint density at radius 2 is 2.10 bits per heavy atom. The predicted molar refractivity (Wildman–Crippen MR) is 82.8 cm³/mol. The van der Waals surface area contributed by atoms with E-state index >= 15 is 0 Å². The van der Waals surface area contributed by atoms with Gasteiger partial charge < -0.3 is 10.6 Å². The number of likely N-dealkylation sites (N-methyl/N-ethyl adjacent to an activating group) is 1. The molecule has 5 heteroatoms. The highest BCUT2D eigenvalue weighted by molar-refractivity contribution is 5.95. The monoisotopic (exact) mass is 293 g/mol. The number of halogens is 1. The highest BCUT2D eigenvalue weighted by atomic mass is 19.1. The number of amides is 1. The van der Waals surface area contributed by atoms with Crippen LogP contribution >= 0.6 is 0 Å². The molecule has 2 N–H and O–H groups in total. The molecule has 0 bridgehead atoms. The van der Waals surface area contributed by atoms with E-state index in [2.05, 4.69) is 10.6 Å². The average molecular weight is 293 g/mol.